The summed E-state index contributed by atoms with van der Waals surface area (Å²) in [5.74, 6) is 2.01. The topological polar surface area (TPSA) is 84.7 Å². The highest BCUT2D eigenvalue weighted by Gasteiger charge is 2.26. The lowest BCUT2D eigenvalue weighted by Gasteiger charge is -2.35. The van der Waals surface area contributed by atoms with Crippen LogP contribution in [0.1, 0.15) is 42.5 Å². The number of imidazole rings is 1. The Balaban J connectivity index is 1.58. The highest BCUT2D eigenvalue weighted by molar-refractivity contribution is 5.48. The average molecular weight is 364 g/mol. The largest absolute Gasteiger partial charge is 0.340 e. The van der Waals surface area contributed by atoms with E-state index >= 15 is 0 Å². The van der Waals surface area contributed by atoms with Crippen molar-refractivity contribution >= 4 is 11.8 Å². The van der Waals surface area contributed by atoms with Crippen LogP contribution >= 0.6 is 0 Å². The quantitative estimate of drug-likeness (QED) is 0.745. The minimum absolute atomic E-state index is 0.264. The molecule has 1 unspecified atom stereocenters. The first-order valence-electron chi connectivity index (χ1n) is 9.28. The Bertz CT molecular complexity index is 892. The SMILES string of the molecule is Cc1nc(Nc2ncccn2)cc(C2CCCCN2Cc2cn(C)cn2)n1. The number of piperidine rings is 1. The maximum atomic E-state index is 4.74. The van der Waals surface area contributed by atoms with Gasteiger partial charge in [-0.1, -0.05) is 6.42 Å². The van der Waals surface area contributed by atoms with Crippen LogP contribution in [0.15, 0.2) is 37.1 Å². The van der Waals surface area contributed by atoms with Crippen LogP contribution in [0.2, 0.25) is 0 Å². The van der Waals surface area contributed by atoms with E-state index in [4.69, 9.17) is 4.98 Å². The second kappa shape index (κ2) is 7.79. The predicted molar refractivity (Wildman–Crippen MR) is 102 cm³/mol. The third-order valence-corrected chi connectivity index (χ3v) is 4.74. The van der Waals surface area contributed by atoms with Crippen molar-refractivity contribution in [3.63, 3.8) is 0 Å². The first-order valence-corrected chi connectivity index (χ1v) is 9.28. The summed E-state index contributed by atoms with van der Waals surface area (Å²) in [6, 6.07) is 4.07. The second-order valence-electron chi connectivity index (χ2n) is 6.94. The van der Waals surface area contributed by atoms with Gasteiger partial charge in [0, 0.05) is 38.2 Å². The van der Waals surface area contributed by atoms with Crippen LogP contribution in [0.4, 0.5) is 11.8 Å². The van der Waals surface area contributed by atoms with E-state index in [1.54, 1.807) is 18.5 Å². The predicted octanol–water partition coefficient (Wildman–Crippen LogP) is 2.78. The Labute approximate surface area is 158 Å². The van der Waals surface area contributed by atoms with E-state index in [2.05, 4.69) is 36.3 Å². The van der Waals surface area contributed by atoms with E-state index in [0.717, 1.165) is 42.5 Å². The number of aromatic nitrogens is 6. The summed E-state index contributed by atoms with van der Waals surface area (Å²) in [7, 11) is 2.00. The molecule has 0 radical (unpaired) electrons. The fourth-order valence-electron chi connectivity index (χ4n) is 3.58. The molecule has 1 N–H and O–H groups in total. The number of hydrogen-bond acceptors (Lipinski definition) is 7. The van der Waals surface area contributed by atoms with Gasteiger partial charge in [-0.2, -0.15) is 0 Å². The van der Waals surface area contributed by atoms with Gasteiger partial charge in [-0.05, 0) is 32.4 Å². The monoisotopic (exact) mass is 364 g/mol. The van der Waals surface area contributed by atoms with Crippen molar-refractivity contribution in [2.45, 2.75) is 38.8 Å². The van der Waals surface area contributed by atoms with Gasteiger partial charge in [0.15, 0.2) is 0 Å². The van der Waals surface area contributed by atoms with Crippen molar-refractivity contribution in [2.24, 2.45) is 7.05 Å². The lowest BCUT2D eigenvalue weighted by atomic mass is 9.98. The zero-order chi connectivity index (χ0) is 18.6. The molecule has 1 atom stereocenters. The van der Waals surface area contributed by atoms with E-state index in [-0.39, 0.29) is 6.04 Å². The van der Waals surface area contributed by atoms with Crippen LogP contribution in [-0.4, -0.2) is 40.9 Å². The number of nitrogens with one attached hydrogen (secondary N) is 1. The van der Waals surface area contributed by atoms with Gasteiger partial charge in [0.25, 0.3) is 0 Å². The molecule has 3 aromatic heterocycles. The molecule has 1 aliphatic heterocycles. The van der Waals surface area contributed by atoms with Crippen LogP contribution in [0.5, 0.6) is 0 Å². The van der Waals surface area contributed by atoms with Crippen molar-refractivity contribution in [2.75, 3.05) is 11.9 Å². The van der Waals surface area contributed by atoms with Gasteiger partial charge in [0.1, 0.15) is 11.6 Å². The fourth-order valence-corrected chi connectivity index (χ4v) is 3.58. The van der Waals surface area contributed by atoms with Crippen molar-refractivity contribution in [1.82, 2.24) is 34.4 Å². The summed E-state index contributed by atoms with van der Waals surface area (Å²) in [4.78, 5) is 24.6. The minimum Gasteiger partial charge on any atom is -0.340 e. The molecule has 140 valence electrons. The fraction of sp³-hybridized carbons (Fsp3) is 0.421. The zero-order valence-corrected chi connectivity index (χ0v) is 15.7. The molecule has 1 aliphatic rings. The number of rotatable bonds is 5. The van der Waals surface area contributed by atoms with Gasteiger partial charge in [-0.25, -0.2) is 24.9 Å². The van der Waals surface area contributed by atoms with Gasteiger partial charge in [0.05, 0.1) is 23.8 Å². The smallest absolute Gasteiger partial charge is 0.228 e. The molecule has 0 amide bonds. The summed E-state index contributed by atoms with van der Waals surface area (Å²) >= 11 is 0. The molecule has 8 heteroatoms. The van der Waals surface area contributed by atoms with E-state index in [1.165, 1.54) is 12.8 Å². The van der Waals surface area contributed by atoms with E-state index < -0.39 is 0 Å². The van der Waals surface area contributed by atoms with Gasteiger partial charge in [-0.3, -0.25) is 4.90 Å². The zero-order valence-electron chi connectivity index (χ0n) is 15.7. The molecule has 4 rings (SSSR count). The summed E-state index contributed by atoms with van der Waals surface area (Å²) in [5, 5.41) is 3.18. The number of nitrogens with zero attached hydrogens (tertiary/aromatic N) is 7. The van der Waals surface area contributed by atoms with Crippen molar-refractivity contribution in [3.05, 3.63) is 54.3 Å². The number of hydrogen-bond donors (Lipinski definition) is 1. The Morgan fingerprint density at radius 3 is 2.78 bits per heavy atom. The number of likely N-dealkylation sites (tertiary alicyclic amines) is 1. The first-order chi connectivity index (χ1) is 13.2. The Morgan fingerprint density at radius 2 is 2.00 bits per heavy atom. The molecular weight excluding hydrogens is 340 g/mol. The van der Waals surface area contributed by atoms with Gasteiger partial charge in [0.2, 0.25) is 5.95 Å². The van der Waals surface area contributed by atoms with Crippen molar-refractivity contribution < 1.29 is 0 Å². The molecule has 4 heterocycles. The Hall–Kier alpha value is -2.87. The lowest BCUT2D eigenvalue weighted by Crippen LogP contribution is -2.33. The number of aryl methyl sites for hydroxylation is 2. The molecule has 0 saturated carbocycles. The molecule has 0 aromatic carbocycles. The van der Waals surface area contributed by atoms with Crippen molar-refractivity contribution in [3.8, 4) is 0 Å². The molecule has 27 heavy (non-hydrogen) atoms. The highest BCUT2D eigenvalue weighted by atomic mass is 15.2. The molecule has 0 aliphatic carbocycles. The maximum Gasteiger partial charge on any atom is 0.228 e. The normalized spacial score (nSPS) is 17.8. The third kappa shape index (κ3) is 4.28. The molecule has 1 saturated heterocycles. The molecule has 8 nitrogen and oxygen atoms in total. The Morgan fingerprint density at radius 1 is 1.15 bits per heavy atom. The van der Waals surface area contributed by atoms with E-state index in [0.29, 0.717) is 5.95 Å². The van der Waals surface area contributed by atoms with E-state index in [9.17, 15) is 0 Å². The van der Waals surface area contributed by atoms with Crippen LogP contribution < -0.4 is 5.32 Å². The third-order valence-electron chi connectivity index (χ3n) is 4.74. The highest BCUT2D eigenvalue weighted by Crippen LogP contribution is 2.32. The van der Waals surface area contributed by atoms with Crippen LogP contribution in [-0.2, 0) is 13.6 Å². The molecule has 3 aromatic rings. The van der Waals surface area contributed by atoms with Gasteiger partial charge in [-0.15, -0.1) is 0 Å². The lowest BCUT2D eigenvalue weighted by molar-refractivity contribution is 0.135. The Kier molecular flexibility index (Phi) is 5.06. The van der Waals surface area contributed by atoms with Crippen LogP contribution in [0, 0.1) is 6.92 Å². The summed E-state index contributed by atoms with van der Waals surface area (Å²) in [6.45, 7) is 3.81. The van der Waals surface area contributed by atoms with Crippen molar-refractivity contribution in [1.29, 1.82) is 0 Å². The number of anilines is 2. The van der Waals surface area contributed by atoms with Gasteiger partial charge >= 0.3 is 0 Å². The first kappa shape index (κ1) is 17.5. The molecule has 0 spiro atoms. The van der Waals surface area contributed by atoms with Crippen LogP contribution in [0.25, 0.3) is 0 Å². The maximum absolute atomic E-state index is 4.74. The molecule has 1 fully saturated rings. The average Bonchev–Trinajstić information content (AvgIpc) is 3.07. The minimum atomic E-state index is 0.264. The van der Waals surface area contributed by atoms with E-state index in [1.807, 2.05) is 30.9 Å². The molecule has 0 bridgehead atoms. The molecular formula is C19H24N8. The van der Waals surface area contributed by atoms with Gasteiger partial charge < -0.3 is 9.88 Å². The van der Waals surface area contributed by atoms with Crippen LogP contribution in [0.3, 0.4) is 0 Å². The summed E-state index contributed by atoms with van der Waals surface area (Å²) in [6.07, 6.45) is 10.8. The summed E-state index contributed by atoms with van der Waals surface area (Å²) in [5.41, 5.74) is 2.13. The summed E-state index contributed by atoms with van der Waals surface area (Å²) < 4.78 is 1.99. The second-order valence-corrected chi connectivity index (χ2v) is 6.94. The standard InChI is InChI=1S/C19H24N8/c1-14-23-16(10-18(24-14)25-19-20-7-5-8-21-19)17-6-3-4-9-27(17)12-15-11-26(2)13-22-15/h5,7-8,10-11,13,17H,3-4,6,9,12H2,1-2H3,(H,20,21,23,24,25).